The van der Waals surface area contributed by atoms with Crippen LogP contribution in [0.1, 0.15) is 43.1 Å². The number of nitrogens with zero attached hydrogens (tertiary/aromatic N) is 4. The molecule has 27 heavy (non-hydrogen) atoms. The van der Waals surface area contributed by atoms with Gasteiger partial charge in [-0.3, -0.25) is 9.59 Å². The third-order valence-electron chi connectivity index (χ3n) is 4.60. The van der Waals surface area contributed by atoms with Gasteiger partial charge in [0.25, 0.3) is 5.91 Å². The van der Waals surface area contributed by atoms with Crippen LogP contribution in [0.15, 0.2) is 41.8 Å². The molecule has 1 aliphatic rings. The Labute approximate surface area is 163 Å². The van der Waals surface area contributed by atoms with Gasteiger partial charge in [-0.05, 0) is 38.8 Å². The molecular weight excluding hydrogens is 362 g/mol. The molecule has 0 unspecified atom stereocenters. The van der Waals surface area contributed by atoms with Crippen LogP contribution in [0.3, 0.4) is 0 Å². The predicted molar refractivity (Wildman–Crippen MR) is 105 cm³/mol. The first-order valence-electron chi connectivity index (χ1n) is 9.20. The molecule has 0 radical (unpaired) electrons. The molecule has 7 nitrogen and oxygen atoms in total. The van der Waals surface area contributed by atoms with E-state index >= 15 is 0 Å². The number of aromatic nitrogens is 3. The number of carbonyl (C=O) groups is 2. The second kappa shape index (κ2) is 9.03. The number of benzene rings is 1. The maximum atomic E-state index is 12.5. The van der Waals surface area contributed by atoms with Crippen LogP contribution >= 0.6 is 11.8 Å². The highest BCUT2D eigenvalue weighted by atomic mass is 32.2. The second-order valence-corrected chi connectivity index (χ2v) is 7.85. The third-order valence-corrected chi connectivity index (χ3v) is 5.55. The Morgan fingerprint density at radius 1 is 1.22 bits per heavy atom. The highest BCUT2D eigenvalue weighted by Crippen LogP contribution is 2.19. The molecule has 0 saturated carbocycles. The highest BCUT2D eigenvalue weighted by Gasteiger charge is 2.24. The molecule has 2 amide bonds. The Morgan fingerprint density at radius 2 is 1.93 bits per heavy atom. The highest BCUT2D eigenvalue weighted by molar-refractivity contribution is 7.99. The molecule has 1 aromatic heterocycles. The summed E-state index contributed by atoms with van der Waals surface area (Å²) in [7, 11) is 0. The molecule has 1 aliphatic heterocycles. The van der Waals surface area contributed by atoms with Gasteiger partial charge in [-0.1, -0.05) is 30.0 Å². The number of piperidine rings is 1. The summed E-state index contributed by atoms with van der Waals surface area (Å²) in [6.45, 7) is 5.43. The SMILES string of the molecule is CC(C)n1cnnc1SCC(=O)NC1CCN(C(=O)c2ccccc2)CC1. The minimum atomic E-state index is -0.00820. The van der Waals surface area contributed by atoms with Crippen molar-refractivity contribution in [2.24, 2.45) is 0 Å². The molecule has 0 atom stereocenters. The molecule has 1 saturated heterocycles. The van der Waals surface area contributed by atoms with Crippen LogP contribution < -0.4 is 5.32 Å². The van der Waals surface area contributed by atoms with E-state index in [2.05, 4.69) is 29.4 Å². The van der Waals surface area contributed by atoms with Crippen LogP contribution in [0.2, 0.25) is 0 Å². The lowest BCUT2D eigenvalue weighted by molar-refractivity contribution is -0.119. The molecule has 1 fully saturated rings. The van der Waals surface area contributed by atoms with Gasteiger partial charge in [0.15, 0.2) is 5.16 Å². The lowest BCUT2D eigenvalue weighted by Crippen LogP contribution is -2.47. The van der Waals surface area contributed by atoms with Crippen LogP contribution in [0.4, 0.5) is 0 Å². The molecular formula is C19H25N5O2S. The van der Waals surface area contributed by atoms with Gasteiger partial charge in [0.2, 0.25) is 5.91 Å². The van der Waals surface area contributed by atoms with Gasteiger partial charge in [0, 0.05) is 30.7 Å². The van der Waals surface area contributed by atoms with Crippen molar-refractivity contribution in [3.63, 3.8) is 0 Å². The maximum Gasteiger partial charge on any atom is 0.253 e. The molecule has 3 rings (SSSR count). The van der Waals surface area contributed by atoms with Crippen molar-refractivity contribution >= 4 is 23.6 Å². The number of amides is 2. The lowest BCUT2D eigenvalue weighted by atomic mass is 10.0. The zero-order chi connectivity index (χ0) is 19.2. The molecule has 0 aliphatic carbocycles. The van der Waals surface area contributed by atoms with Crippen molar-refractivity contribution in [2.75, 3.05) is 18.8 Å². The van der Waals surface area contributed by atoms with Gasteiger partial charge in [-0.15, -0.1) is 10.2 Å². The van der Waals surface area contributed by atoms with Gasteiger partial charge < -0.3 is 14.8 Å². The minimum absolute atomic E-state index is 0.00820. The Kier molecular flexibility index (Phi) is 6.49. The van der Waals surface area contributed by atoms with E-state index in [9.17, 15) is 9.59 Å². The van der Waals surface area contributed by atoms with E-state index in [0.29, 0.717) is 24.4 Å². The average molecular weight is 388 g/mol. The Hall–Kier alpha value is -2.35. The first-order valence-corrected chi connectivity index (χ1v) is 10.2. The average Bonchev–Trinajstić information content (AvgIpc) is 3.16. The Bertz CT molecular complexity index is 769. The summed E-state index contributed by atoms with van der Waals surface area (Å²) in [6.07, 6.45) is 3.23. The van der Waals surface area contributed by atoms with E-state index in [0.717, 1.165) is 18.0 Å². The molecule has 2 heterocycles. The molecule has 0 bridgehead atoms. The topological polar surface area (TPSA) is 80.1 Å². The number of thioether (sulfide) groups is 1. The van der Waals surface area contributed by atoms with E-state index in [1.54, 1.807) is 6.33 Å². The van der Waals surface area contributed by atoms with Crippen LogP contribution in [-0.2, 0) is 4.79 Å². The van der Waals surface area contributed by atoms with Crippen molar-refractivity contribution in [3.05, 3.63) is 42.2 Å². The van der Waals surface area contributed by atoms with E-state index in [4.69, 9.17) is 0 Å². The van der Waals surface area contributed by atoms with E-state index < -0.39 is 0 Å². The predicted octanol–water partition coefficient (Wildman–Crippen LogP) is 2.37. The van der Waals surface area contributed by atoms with Crippen molar-refractivity contribution < 1.29 is 9.59 Å². The molecule has 1 N–H and O–H groups in total. The van der Waals surface area contributed by atoms with E-state index in [1.165, 1.54) is 11.8 Å². The van der Waals surface area contributed by atoms with Crippen molar-refractivity contribution in [3.8, 4) is 0 Å². The van der Waals surface area contributed by atoms with Gasteiger partial charge in [-0.2, -0.15) is 0 Å². The molecule has 8 heteroatoms. The zero-order valence-corrected chi connectivity index (χ0v) is 16.5. The second-order valence-electron chi connectivity index (χ2n) is 6.90. The fourth-order valence-corrected chi connectivity index (χ4v) is 3.93. The summed E-state index contributed by atoms with van der Waals surface area (Å²) in [5.74, 6) is 0.365. The van der Waals surface area contributed by atoms with Crippen molar-refractivity contribution in [2.45, 2.75) is 43.9 Å². The van der Waals surface area contributed by atoms with Gasteiger partial charge in [0.1, 0.15) is 6.33 Å². The summed E-state index contributed by atoms with van der Waals surface area (Å²) in [5, 5.41) is 11.8. The maximum absolute atomic E-state index is 12.5. The van der Waals surface area contributed by atoms with Gasteiger partial charge in [0.05, 0.1) is 5.75 Å². The Balaban J connectivity index is 1.43. The van der Waals surface area contributed by atoms with Crippen molar-refractivity contribution in [1.29, 1.82) is 0 Å². The van der Waals surface area contributed by atoms with Crippen LogP contribution in [0.25, 0.3) is 0 Å². The van der Waals surface area contributed by atoms with Crippen molar-refractivity contribution in [1.82, 2.24) is 25.0 Å². The van der Waals surface area contributed by atoms with E-state index in [-0.39, 0.29) is 23.9 Å². The first kappa shape index (κ1) is 19.4. The number of hydrogen-bond acceptors (Lipinski definition) is 5. The summed E-state index contributed by atoms with van der Waals surface area (Å²) >= 11 is 1.39. The fraction of sp³-hybridized carbons (Fsp3) is 0.474. The number of likely N-dealkylation sites (tertiary alicyclic amines) is 1. The quantitative estimate of drug-likeness (QED) is 0.770. The largest absolute Gasteiger partial charge is 0.353 e. The lowest BCUT2D eigenvalue weighted by Gasteiger charge is -2.32. The summed E-state index contributed by atoms with van der Waals surface area (Å²) in [4.78, 5) is 26.6. The Morgan fingerprint density at radius 3 is 2.59 bits per heavy atom. The molecule has 1 aromatic carbocycles. The normalized spacial score (nSPS) is 15.1. The van der Waals surface area contributed by atoms with Gasteiger partial charge >= 0.3 is 0 Å². The zero-order valence-electron chi connectivity index (χ0n) is 15.7. The number of nitrogens with one attached hydrogen (secondary N) is 1. The molecule has 0 spiro atoms. The fourth-order valence-electron chi connectivity index (χ4n) is 3.08. The summed E-state index contributed by atoms with van der Waals surface area (Å²) in [6, 6.07) is 9.70. The monoisotopic (exact) mass is 387 g/mol. The first-order chi connectivity index (χ1) is 13.0. The third kappa shape index (κ3) is 5.09. The standard InChI is InChI=1S/C19H25N5O2S/c1-14(2)24-13-20-22-19(24)27-12-17(25)21-16-8-10-23(11-9-16)18(26)15-6-4-3-5-7-15/h3-7,13-14,16H,8-12H2,1-2H3,(H,21,25). The van der Waals surface area contributed by atoms with Crippen LogP contribution in [0, 0.1) is 0 Å². The molecule has 144 valence electrons. The van der Waals surface area contributed by atoms with E-state index in [1.807, 2.05) is 39.8 Å². The minimum Gasteiger partial charge on any atom is -0.353 e. The summed E-state index contributed by atoms with van der Waals surface area (Å²) in [5.41, 5.74) is 0.714. The summed E-state index contributed by atoms with van der Waals surface area (Å²) < 4.78 is 1.95. The molecule has 2 aromatic rings. The number of carbonyl (C=O) groups excluding carboxylic acids is 2. The van der Waals surface area contributed by atoms with Gasteiger partial charge in [-0.25, -0.2) is 0 Å². The smallest absolute Gasteiger partial charge is 0.253 e. The van der Waals surface area contributed by atoms with Crippen LogP contribution in [-0.4, -0.2) is 56.4 Å². The number of rotatable bonds is 6. The number of hydrogen-bond donors (Lipinski definition) is 1. The van der Waals surface area contributed by atoms with Crippen LogP contribution in [0.5, 0.6) is 0 Å².